The molecule has 6 nitrogen and oxygen atoms in total. The number of hydrogen-bond donors (Lipinski definition) is 1. The third kappa shape index (κ3) is 4.02. The van der Waals surface area contributed by atoms with Gasteiger partial charge in [-0.25, -0.2) is 9.47 Å². The van der Waals surface area contributed by atoms with Crippen molar-refractivity contribution in [3.63, 3.8) is 0 Å². The molecule has 2 aromatic rings. The second kappa shape index (κ2) is 7.30. The first-order chi connectivity index (χ1) is 14.4. The van der Waals surface area contributed by atoms with Crippen molar-refractivity contribution in [2.24, 2.45) is 0 Å². The highest BCUT2D eigenvalue weighted by Crippen LogP contribution is 2.54. The number of aromatic hydroxyl groups is 1. The van der Waals surface area contributed by atoms with Gasteiger partial charge in [0.2, 0.25) is 0 Å². The lowest BCUT2D eigenvalue weighted by atomic mass is 10.1. The molecule has 2 aromatic carbocycles. The van der Waals surface area contributed by atoms with Crippen molar-refractivity contribution in [1.82, 2.24) is 0 Å². The van der Waals surface area contributed by atoms with E-state index in [4.69, 9.17) is 28.3 Å². The Balaban J connectivity index is 0.000000182. The van der Waals surface area contributed by atoms with Crippen molar-refractivity contribution in [3.05, 3.63) is 66.7 Å². The van der Waals surface area contributed by atoms with Crippen molar-refractivity contribution in [1.29, 1.82) is 0 Å². The van der Waals surface area contributed by atoms with Gasteiger partial charge in [-0.15, -0.1) is 0 Å². The molecule has 0 spiro atoms. The molecule has 2 heterocycles. The van der Waals surface area contributed by atoms with E-state index in [1.54, 1.807) is 0 Å². The number of hydrogen-bond acceptors (Lipinski definition) is 5. The van der Waals surface area contributed by atoms with E-state index in [0.717, 1.165) is 0 Å². The fourth-order valence-electron chi connectivity index (χ4n) is 2.77. The smallest absolute Gasteiger partial charge is 0.388 e. The van der Waals surface area contributed by atoms with Gasteiger partial charge in [0.1, 0.15) is 0 Å². The Hall–Kier alpha value is -2.42. The first-order valence-corrected chi connectivity index (χ1v) is 8.58. The highest BCUT2D eigenvalue weighted by Gasteiger charge is 2.59. The standard InChI is InChI=1S/C8H2Cl2F4O.C8H3F4NO4/c9-5-1-3-4(2-6(5)10)8(13,14)15-7(3,11)12;9-7(10)3-1-5(13(15)16)6(14)2-4(3)8(11,12)17-7/h1-2H;1-2,14H. The molecule has 4 rings (SSSR count). The number of ether oxygens (including phenoxy) is 2. The Morgan fingerprint density at radius 2 is 1.03 bits per heavy atom. The lowest BCUT2D eigenvalue weighted by molar-refractivity contribution is -0.386. The number of nitro benzene ring substituents is 1. The number of benzene rings is 2. The SMILES string of the molecule is FC1(F)OC(F)(F)c2cc(Cl)c(Cl)cc21.O=[N+]([O-])c1cc2c(cc1O)C(F)(F)OC2(F)F. The van der Waals surface area contributed by atoms with Crippen molar-refractivity contribution < 1.29 is 54.6 Å². The van der Waals surface area contributed by atoms with E-state index in [1.807, 2.05) is 0 Å². The number of phenolic OH excluding ortho intramolecular Hbond substituents is 1. The minimum Gasteiger partial charge on any atom is -0.502 e. The van der Waals surface area contributed by atoms with Crippen molar-refractivity contribution in [3.8, 4) is 5.75 Å². The first-order valence-electron chi connectivity index (χ1n) is 7.83. The Kier molecular flexibility index (Phi) is 5.52. The zero-order valence-electron chi connectivity index (χ0n) is 14.6. The van der Waals surface area contributed by atoms with Crippen LogP contribution in [0.4, 0.5) is 40.8 Å². The molecular weight excluding hydrogens is 509 g/mol. The number of nitro groups is 1. The highest BCUT2D eigenvalue weighted by atomic mass is 35.5. The molecule has 2 aliphatic heterocycles. The van der Waals surface area contributed by atoms with Crippen LogP contribution in [0, 0.1) is 10.1 Å². The zero-order valence-corrected chi connectivity index (χ0v) is 16.1. The van der Waals surface area contributed by atoms with Crippen LogP contribution in [0.2, 0.25) is 10.0 Å². The van der Waals surface area contributed by atoms with E-state index < -0.39 is 63.0 Å². The molecule has 0 amide bonds. The number of nitrogens with zero attached hydrogens (tertiary/aromatic N) is 1. The number of fused-ring (bicyclic) bond motifs is 2. The Morgan fingerprint density at radius 1 is 0.719 bits per heavy atom. The molecule has 16 heteroatoms. The molecule has 32 heavy (non-hydrogen) atoms. The van der Waals surface area contributed by atoms with Crippen LogP contribution >= 0.6 is 23.2 Å². The number of alkyl halides is 8. The lowest BCUT2D eigenvalue weighted by Gasteiger charge is -2.10. The van der Waals surface area contributed by atoms with Gasteiger partial charge in [-0.3, -0.25) is 10.1 Å². The molecule has 0 radical (unpaired) electrons. The average molecular weight is 514 g/mol. The molecule has 2 aliphatic rings. The average Bonchev–Trinajstić information content (AvgIpc) is 2.90. The number of rotatable bonds is 1. The summed E-state index contributed by atoms with van der Waals surface area (Å²) in [5.41, 5.74) is -5.62. The third-order valence-electron chi connectivity index (χ3n) is 4.14. The quantitative estimate of drug-likeness (QED) is 0.265. The molecular formula is C16H5Cl2F8NO5. The predicted octanol–water partition coefficient (Wildman–Crippen LogP) is 6.55. The summed E-state index contributed by atoms with van der Waals surface area (Å²) in [4.78, 5) is 9.20. The normalized spacial score (nSPS) is 20.7. The summed E-state index contributed by atoms with van der Waals surface area (Å²) in [6.07, 6.45) is -16.7. The molecule has 0 aromatic heterocycles. The van der Waals surface area contributed by atoms with Gasteiger partial charge >= 0.3 is 30.1 Å². The molecule has 1 N–H and O–H groups in total. The molecule has 174 valence electrons. The van der Waals surface area contributed by atoms with E-state index in [0.29, 0.717) is 12.1 Å². The van der Waals surface area contributed by atoms with Crippen LogP contribution in [-0.4, -0.2) is 10.0 Å². The molecule has 0 fully saturated rings. The summed E-state index contributed by atoms with van der Waals surface area (Å²) < 4.78 is 110. The summed E-state index contributed by atoms with van der Waals surface area (Å²) in [6, 6.07) is 1.74. The second-order valence-electron chi connectivity index (χ2n) is 6.23. The van der Waals surface area contributed by atoms with E-state index in [-0.39, 0.29) is 22.2 Å². The van der Waals surface area contributed by atoms with Gasteiger partial charge < -0.3 is 5.11 Å². The van der Waals surface area contributed by atoms with Crippen LogP contribution in [-0.2, 0) is 33.9 Å². The molecule has 0 bridgehead atoms. The largest absolute Gasteiger partial charge is 0.502 e. The van der Waals surface area contributed by atoms with Crippen LogP contribution in [0.5, 0.6) is 5.75 Å². The lowest BCUT2D eigenvalue weighted by Crippen LogP contribution is -2.17. The van der Waals surface area contributed by atoms with Crippen molar-refractivity contribution >= 4 is 28.9 Å². The summed E-state index contributed by atoms with van der Waals surface area (Å²) in [5, 5.41) is 19.0. The minimum absolute atomic E-state index is 0.172. The first kappa shape index (κ1) is 24.2. The summed E-state index contributed by atoms with van der Waals surface area (Å²) in [7, 11) is 0. The van der Waals surface area contributed by atoms with Gasteiger partial charge in [-0.05, 0) is 18.2 Å². The Morgan fingerprint density at radius 3 is 1.38 bits per heavy atom. The highest BCUT2D eigenvalue weighted by molar-refractivity contribution is 6.42. The van der Waals surface area contributed by atoms with Crippen LogP contribution in [0.25, 0.3) is 0 Å². The summed E-state index contributed by atoms with van der Waals surface area (Å²) in [6.45, 7) is 0. The fraction of sp³-hybridized carbons (Fsp3) is 0.250. The number of phenols is 1. The zero-order chi connectivity index (χ0) is 24.4. The molecule has 0 atom stereocenters. The van der Waals surface area contributed by atoms with Gasteiger partial charge in [-0.2, -0.15) is 35.1 Å². The fourth-order valence-corrected chi connectivity index (χ4v) is 3.10. The predicted molar refractivity (Wildman–Crippen MR) is 89.0 cm³/mol. The van der Waals surface area contributed by atoms with Gasteiger partial charge in [0.15, 0.2) is 5.75 Å². The Labute approximate surface area is 181 Å². The van der Waals surface area contributed by atoms with E-state index in [9.17, 15) is 45.2 Å². The van der Waals surface area contributed by atoms with E-state index in [1.165, 1.54) is 0 Å². The molecule has 0 aliphatic carbocycles. The monoisotopic (exact) mass is 513 g/mol. The van der Waals surface area contributed by atoms with Gasteiger partial charge in [0, 0.05) is 6.07 Å². The maximum atomic E-state index is 13.0. The third-order valence-corrected chi connectivity index (χ3v) is 4.86. The van der Waals surface area contributed by atoms with Crippen LogP contribution < -0.4 is 0 Å². The van der Waals surface area contributed by atoms with Gasteiger partial charge in [-0.1, -0.05) is 23.2 Å². The molecule has 0 unspecified atom stereocenters. The maximum Gasteiger partial charge on any atom is 0.388 e. The van der Waals surface area contributed by atoms with Crippen molar-refractivity contribution in [2.75, 3.05) is 0 Å². The van der Waals surface area contributed by atoms with Gasteiger partial charge in [0.05, 0.1) is 37.2 Å². The molecule has 0 saturated heterocycles. The van der Waals surface area contributed by atoms with E-state index >= 15 is 0 Å². The summed E-state index contributed by atoms with van der Waals surface area (Å²) in [5.74, 6) is -1.13. The van der Waals surface area contributed by atoms with Crippen LogP contribution in [0.3, 0.4) is 0 Å². The summed E-state index contributed by atoms with van der Waals surface area (Å²) >= 11 is 10.9. The van der Waals surface area contributed by atoms with Crippen LogP contribution in [0.1, 0.15) is 22.3 Å². The van der Waals surface area contributed by atoms with Crippen molar-refractivity contribution in [2.45, 2.75) is 24.4 Å². The second-order valence-corrected chi connectivity index (χ2v) is 7.04. The van der Waals surface area contributed by atoms with E-state index in [2.05, 4.69) is 9.47 Å². The number of halogens is 10. The van der Waals surface area contributed by atoms with Gasteiger partial charge in [0.25, 0.3) is 0 Å². The van der Waals surface area contributed by atoms with Crippen LogP contribution in [0.15, 0.2) is 24.3 Å². The Bertz CT molecular complexity index is 1090. The topological polar surface area (TPSA) is 81.8 Å². The maximum absolute atomic E-state index is 13.0. The minimum atomic E-state index is -4.34. The molecule has 0 saturated carbocycles.